The molecule has 18 heavy (non-hydrogen) atoms. The summed E-state index contributed by atoms with van der Waals surface area (Å²) in [7, 11) is 4.43. The second-order valence-corrected chi connectivity index (χ2v) is 5.15. The summed E-state index contributed by atoms with van der Waals surface area (Å²) in [5.41, 5.74) is 1.13. The van der Waals surface area contributed by atoms with E-state index in [1.54, 1.807) is 12.1 Å². The number of nitro benzene ring substituents is 1. The van der Waals surface area contributed by atoms with Crippen LogP contribution in [0, 0.1) is 10.1 Å². The lowest BCUT2D eigenvalue weighted by atomic mass is 10.2. The summed E-state index contributed by atoms with van der Waals surface area (Å²) in [4.78, 5) is 12.6. The molecule has 0 radical (unpaired) electrons. The first kappa shape index (κ1) is 14.9. The third kappa shape index (κ3) is 3.43. The largest absolute Gasteiger partial charge is 1.00 e. The molecular formula is C12H18BrN3O2. The van der Waals surface area contributed by atoms with Crippen LogP contribution in [-0.2, 0) is 0 Å². The fraction of sp³-hybridized carbons (Fsp3) is 0.500. The molecule has 0 aliphatic carbocycles. The Kier molecular flexibility index (Phi) is 4.70. The van der Waals surface area contributed by atoms with E-state index in [4.69, 9.17) is 0 Å². The van der Waals surface area contributed by atoms with Gasteiger partial charge in [-0.25, -0.2) is 0 Å². The van der Waals surface area contributed by atoms with Crippen molar-refractivity contribution in [3.05, 3.63) is 34.4 Å². The summed E-state index contributed by atoms with van der Waals surface area (Å²) >= 11 is 0. The molecule has 1 aliphatic rings. The minimum absolute atomic E-state index is 0. The van der Waals surface area contributed by atoms with E-state index in [9.17, 15) is 10.1 Å². The van der Waals surface area contributed by atoms with Gasteiger partial charge in [-0.2, -0.15) is 0 Å². The lowest BCUT2D eigenvalue weighted by Gasteiger charge is -2.40. The van der Waals surface area contributed by atoms with Crippen molar-refractivity contribution in [3.63, 3.8) is 0 Å². The molecule has 0 amide bonds. The van der Waals surface area contributed by atoms with Crippen LogP contribution in [-0.4, -0.2) is 49.7 Å². The van der Waals surface area contributed by atoms with Crippen LogP contribution in [0.3, 0.4) is 0 Å². The van der Waals surface area contributed by atoms with Gasteiger partial charge in [0.2, 0.25) is 0 Å². The van der Waals surface area contributed by atoms with Crippen molar-refractivity contribution in [2.24, 2.45) is 0 Å². The fourth-order valence-electron chi connectivity index (χ4n) is 2.07. The van der Waals surface area contributed by atoms with Crippen LogP contribution < -0.4 is 21.9 Å². The summed E-state index contributed by atoms with van der Waals surface area (Å²) in [5, 5.41) is 10.7. The number of non-ortho nitro benzene ring substituents is 1. The maximum absolute atomic E-state index is 10.7. The Bertz CT molecular complexity index is 427. The normalized spacial score (nSPS) is 18.0. The Morgan fingerprint density at radius 2 is 1.89 bits per heavy atom. The molecule has 1 aromatic rings. The molecule has 1 fully saturated rings. The molecule has 0 N–H and O–H groups in total. The van der Waals surface area contributed by atoms with Crippen molar-refractivity contribution < 1.29 is 26.4 Å². The molecule has 0 saturated carbocycles. The van der Waals surface area contributed by atoms with Crippen LogP contribution in [0.1, 0.15) is 0 Å². The molecule has 0 spiro atoms. The molecule has 100 valence electrons. The van der Waals surface area contributed by atoms with Crippen LogP contribution in [0.4, 0.5) is 11.4 Å². The molecule has 1 aliphatic heterocycles. The minimum atomic E-state index is -0.340. The molecule has 0 bridgehead atoms. The molecule has 1 heterocycles. The zero-order valence-corrected chi connectivity index (χ0v) is 12.3. The van der Waals surface area contributed by atoms with Gasteiger partial charge in [-0.05, 0) is 6.07 Å². The molecule has 0 aromatic heterocycles. The Balaban J connectivity index is 0.00000162. The second-order valence-electron chi connectivity index (χ2n) is 5.15. The third-order valence-electron chi connectivity index (χ3n) is 3.36. The van der Waals surface area contributed by atoms with E-state index < -0.39 is 0 Å². The Morgan fingerprint density at radius 1 is 1.28 bits per heavy atom. The number of piperazine rings is 1. The molecule has 0 unspecified atom stereocenters. The predicted molar refractivity (Wildman–Crippen MR) is 67.2 cm³/mol. The first-order chi connectivity index (χ1) is 7.98. The Morgan fingerprint density at radius 3 is 2.44 bits per heavy atom. The van der Waals surface area contributed by atoms with Crippen LogP contribution in [0.25, 0.3) is 0 Å². The van der Waals surface area contributed by atoms with Crippen molar-refractivity contribution >= 4 is 11.4 Å². The van der Waals surface area contributed by atoms with Crippen molar-refractivity contribution in [2.75, 3.05) is 45.2 Å². The average Bonchev–Trinajstić information content (AvgIpc) is 2.29. The van der Waals surface area contributed by atoms with Gasteiger partial charge < -0.3 is 26.4 Å². The molecule has 6 heteroatoms. The van der Waals surface area contributed by atoms with Gasteiger partial charge in [0.05, 0.1) is 45.2 Å². The van der Waals surface area contributed by atoms with Crippen molar-refractivity contribution in [1.29, 1.82) is 0 Å². The van der Waals surface area contributed by atoms with Crippen molar-refractivity contribution in [1.82, 2.24) is 0 Å². The van der Waals surface area contributed by atoms with E-state index in [1.165, 1.54) is 6.07 Å². The van der Waals surface area contributed by atoms with Crippen LogP contribution in [0.15, 0.2) is 24.3 Å². The number of likely N-dealkylation sites (N-methyl/N-ethyl adjacent to an activating group) is 1. The number of benzene rings is 1. The van der Waals surface area contributed by atoms with Crippen molar-refractivity contribution in [2.45, 2.75) is 0 Å². The highest BCUT2D eigenvalue weighted by Crippen LogP contribution is 2.22. The number of anilines is 1. The summed E-state index contributed by atoms with van der Waals surface area (Å²) in [6.07, 6.45) is 0. The van der Waals surface area contributed by atoms with Gasteiger partial charge in [0.15, 0.2) is 0 Å². The summed E-state index contributed by atoms with van der Waals surface area (Å²) in [5.74, 6) is 0. The van der Waals surface area contributed by atoms with Gasteiger partial charge in [0, 0.05) is 17.8 Å². The van der Waals surface area contributed by atoms with Gasteiger partial charge in [-0.3, -0.25) is 10.1 Å². The zero-order chi connectivity index (χ0) is 12.5. The fourth-order valence-corrected chi connectivity index (χ4v) is 2.07. The molecule has 1 saturated heterocycles. The zero-order valence-electron chi connectivity index (χ0n) is 10.7. The van der Waals surface area contributed by atoms with E-state index in [0.717, 1.165) is 36.3 Å². The number of nitrogens with zero attached hydrogens (tertiary/aromatic N) is 3. The third-order valence-corrected chi connectivity index (χ3v) is 3.36. The molecule has 2 rings (SSSR count). The highest BCUT2D eigenvalue weighted by molar-refractivity contribution is 5.53. The van der Waals surface area contributed by atoms with Gasteiger partial charge in [-0.1, -0.05) is 6.07 Å². The van der Waals surface area contributed by atoms with Crippen LogP contribution in [0.5, 0.6) is 0 Å². The Hall–Kier alpha value is -1.14. The van der Waals surface area contributed by atoms with Crippen LogP contribution >= 0.6 is 0 Å². The number of nitro groups is 1. The monoisotopic (exact) mass is 315 g/mol. The minimum Gasteiger partial charge on any atom is -1.00 e. The number of halogens is 1. The molecule has 5 nitrogen and oxygen atoms in total. The maximum Gasteiger partial charge on any atom is 0.271 e. The number of rotatable bonds is 2. The lowest BCUT2D eigenvalue weighted by Crippen LogP contribution is -3.00. The lowest BCUT2D eigenvalue weighted by molar-refractivity contribution is -0.890. The first-order valence-electron chi connectivity index (χ1n) is 5.79. The van der Waals surface area contributed by atoms with Gasteiger partial charge in [0.1, 0.15) is 0 Å². The maximum atomic E-state index is 10.7. The van der Waals surface area contributed by atoms with Gasteiger partial charge in [-0.15, -0.1) is 0 Å². The van der Waals surface area contributed by atoms with Gasteiger partial charge >= 0.3 is 0 Å². The number of hydrogen-bond donors (Lipinski definition) is 0. The highest BCUT2D eigenvalue weighted by Gasteiger charge is 2.24. The molecular weight excluding hydrogens is 298 g/mol. The smallest absolute Gasteiger partial charge is 0.271 e. The van der Waals surface area contributed by atoms with Crippen molar-refractivity contribution in [3.8, 4) is 0 Å². The number of hydrogen-bond acceptors (Lipinski definition) is 3. The number of quaternary nitrogens is 1. The quantitative estimate of drug-likeness (QED) is 0.379. The Labute approximate surface area is 118 Å². The summed E-state index contributed by atoms with van der Waals surface area (Å²) in [6.45, 7) is 4.05. The average molecular weight is 316 g/mol. The standard InChI is InChI=1S/C12H18N3O2.BrH/c1-15(2)8-6-13(7-9-15)11-4-3-5-12(10-11)14(16)17;/h3-5,10H,6-9H2,1-2H3;1H/q+1;/p-1. The highest BCUT2D eigenvalue weighted by atomic mass is 79.9. The van der Waals surface area contributed by atoms with E-state index in [2.05, 4.69) is 19.0 Å². The predicted octanol–water partition coefficient (Wildman–Crippen LogP) is -1.50. The summed E-state index contributed by atoms with van der Waals surface area (Å²) < 4.78 is 1.02. The SMILES string of the molecule is C[N+]1(C)CCN(c2cccc([N+](=O)[O-])c2)CC1.[Br-]. The topological polar surface area (TPSA) is 46.4 Å². The van der Waals surface area contributed by atoms with E-state index in [0.29, 0.717) is 0 Å². The summed E-state index contributed by atoms with van der Waals surface area (Å²) in [6, 6.07) is 6.89. The first-order valence-corrected chi connectivity index (χ1v) is 5.79. The van der Waals surface area contributed by atoms with E-state index in [1.807, 2.05) is 6.07 Å². The van der Waals surface area contributed by atoms with E-state index >= 15 is 0 Å². The molecule has 1 aromatic carbocycles. The molecule has 0 atom stereocenters. The van der Waals surface area contributed by atoms with Crippen LogP contribution in [0.2, 0.25) is 0 Å². The van der Waals surface area contributed by atoms with E-state index in [-0.39, 0.29) is 27.6 Å². The second kappa shape index (κ2) is 5.67. The van der Waals surface area contributed by atoms with Gasteiger partial charge in [0.25, 0.3) is 5.69 Å².